The molecule has 1 fully saturated rings. The molecule has 0 saturated heterocycles. The molecule has 1 aromatic rings. The van der Waals surface area contributed by atoms with Crippen molar-refractivity contribution in [2.75, 3.05) is 5.73 Å². The maximum absolute atomic E-state index is 12.1. The van der Waals surface area contributed by atoms with Crippen LogP contribution in [0.5, 0.6) is 0 Å². The zero-order valence-corrected chi connectivity index (χ0v) is 11.7. The van der Waals surface area contributed by atoms with Gasteiger partial charge in [-0.2, -0.15) is 0 Å². The first kappa shape index (κ1) is 13.9. The van der Waals surface area contributed by atoms with Crippen LogP contribution in [-0.2, 0) is 14.8 Å². The van der Waals surface area contributed by atoms with Crippen molar-refractivity contribution in [2.24, 2.45) is 5.41 Å². The van der Waals surface area contributed by atoms with Crippen LogP contribution in [0.2, 0.25) is 0 Å². The van der Waals surface area contributed by atoms with Gasteiger partial charge < -0.3 is 5.73 Å². The number of nitrogens with two attached hydrogens (primary N) is 1. The highest BCUT2D eigenvalue weighted by molar-refractivity contribution is 7.90. The third kappa shape index (κ3) is 2.89. The van der Waals surface area contributed by atoms with E-state index < -0.39 is 21.3 Å². The maximum atomic E-state index is 12.1. The average Bonchev–Trinajstić information content (AvgIpc) is 2.77. The lowest BCUT2D eigenvalue weighted by Gasteiger charge is -2.22. The normalized spacial score (nSPS) is 18.2. The van der Waals surface area contributed by atoms with E-state index in [1.54, 1.807) is 0 Å². The summed E-state index contributed by atoms with van der Waals surface area (Å²) in [6.07, 6.45) is 3.39. The molecule has 0 atom stereocenters. The molecule has 0 unspecified atom stereocenters. The highest BCUT2D eigenvalue weighted by Crippen LogP contribution is 2.37. The molecule has 0 radical (unpaired) electrons. The molecule has 1 aromatic carbocycles. The molecule has 1 aliphatic carbocycles. The number of sulfonamides is 1. The predicted molar refractivity (Wildman–Crippen MR) is 72.8 cm³/mol. The van der Waals surface area contributed by atoms with E-state index in [9.17, 15) is 13.2 Å². The van der Waals surface area contributed by atoms with Gasteiger partial charge in [0.1, 0.15) is 0 Å². The van der Waals surface area contributed by atoms with Crippen LogP contribution in [0.3, 0.4) is 0 Å². The van der Waals surface area contributed by atoms with E-state index in [0.717, 1.165) is 25.7 Å². The first-order valence-corrected chi connectivity index (χ1v) is 7.75. The van der Waals surface area contributed by atoms with Crippen LogP contribution in [0, 0.1) is 5.41 Å². The Labute approximate surface area is 113 Å². The molecule has 19 heavy (non-hydrogen) atoms. The average molecular weight is 282 g/mol. The SMILES string of the molecule is CC1(C(=O)NS(=O)(=O)c2ccc(N)cc2)CCCC1. The molecule has 3 N–H and O–H groups in total. The molecule has 104 valence electrons. The van der Waals surface area contributed by atoms with Crippen molar-refractivity contribution >= 4 is 21.6 Å². The van der Waals surface area contributed by atoms with Crippen LogP contribution in [0.25, 0.3) is 0 Å². The zero-order valence-electron chi connectivity index (χ0n) is 10.8. The molecule has 2 rings (SSSR count). The summed E-state index contributed by atoms with van der Waals surface area (Å²) in [6, 6.07) is 5.77. The first-order valence-electron chi connectivity index (χ1n) is 6.26. The highest BCUT2D eigenvalue weighted by atomic mass is 32.2. The Balaban J connectivity index is 2.17. The number of benzene rings is 1. The lowest BCUT2D eigenvalue weighted by molar-refractivity contribution is -0.127. The van der Waals surface area contributed by atoms with Gasteiger partial charge in [-0.25, -0.2) is 13.1 Å². The number of nitrogen functional groups attached to an aromatic ring is 1. The Morgan fingerprint density at radius 2 is 1.74 bits per heavy atom. The van der Waals surface area contributed by atoms with Crippen molar-refractivity contribution in [1.82, 2.24) is 4.72 Å². The number of anilines is 1. The van der Waals surface area contributed by atoms with E-state index in [1.165, 1.54) is 24.3 Å². The Morgan fingerprint density at radius 3 is 2.26 bits per heavy atom. The van der Waals surface area contributed by atoms with E-state index >= 15 is 0 Å². The fourth-order valence-electron chi connectivity index (χ4n) is 2.33. The van der Waals surface area contributed by atoms with Gasteiger partial charge >= 0.3 is 0 Å². The van der Waals surface area contributed by atoms with Crippen LogP contribution >= 0.6 is 0 Å². The van der Waals surface area contributed by atoms with Gasteiger partial charge in [0.2, 0.25) is 5.91 Å². The van der Waals surface area contributed by atoms with Crippen LogP contribution < -0.4 is 10.5 Å². The smallest absolute Gasteiger partial charge is 0.264 e. The number of nitrogens with one attached hydrogen (secondary N) is 1. The second-order valence-corrected chi connectivity index (χ2v) is 6.95. The number of hydrogen-bond donors (Lipinski definition) is 2. The van der Waals surface area contributed by atoms with Crippen molar-refractivity contribution in [3.8, 4) is 0 Å². The molecule has 0 bridgehead atoms. The van der Waals surface area contributed by atoms with Crippen molar-refractivity contribution in [3.63, 3.8) is 0 Å². The number of carbonyl (C=O) groups excluding carboxylic acids is 1. The lowest BCUT2D eigenvalue weighted by atomic mass is 9.88. The topological polar surface area (TPSA) is 89.3 Å². The molecule has 0 aromatic heterocycles. The van der Waals surface area contributed by atoms with E-state index in [4.69, 9.17) is 5.73 Å². The first-order chi connectivity index (χ1) is 8.83. The van der Waals surface area contributed by atoms with Crippen LogP contribution in [0.1, 0.15) is 32.6 Å². The van der Waals surface area contributed by atoms with Crippen molar-refractivity contribution in [2.45, 2.75) is 37.5 Å². The minimum atomic E-state index is -3.81. The number of carbonyl (C=O) groups is 1. The van der Waals surface area contributed by atoms with Gasteiger partial charge in [0, 0.05) is 11.1 Å². The molecule has 5 nitrogen and oxygen atoms in total. The summed E-state index contributed by atoms with van der Waals surface area (Å²) in [6.45, 7) is 1.81. The minimum Gasteiger partial charge on any atom is -0.399 e. The van der Waals surface area contributed by atoms with Crippen molar-refractivity contribution < 1.29 is 13.2 Å². The minimum absolute atomic E-state index is 0.0525. The monoisotopic (exact) mass is 282 g/mol. The zero-order chi connectivity index (χ0) is 14.1. The van der Waals surface area contributed by atoms with E-state index in [2.05, 4.69) is 4.72 Å². The fraction of sp³-hybridized carbons (Fsp3) is 0.462. The maximum Gasteiger partial charge on any atom is 0.264 e. The summed E-state index contributed by atoms with van der Waals surface area (Å²) in [4.78, 5) is 12.2. The Kier molecular flexibility index (Phi) is 3.54. The quantitative estimate of drug-likeness (QED) is 0.825. The molecule has 0 spiro atoms. The van der Waals surface area contributed by atoms with Gasteiger partial charge in [-0.3, -0.25) is 4.79 Å². The third-order valence-corrected chi connectivity index (χ3v) is 5.02. The molecule has 1 saturated carbocycles. The number of rotatable bonds is 3. The lowest BCUT2D eigenvalue weighted by Crippen LogP contribution is -2.40. The Hall–Kier alpha value is -1.56. The second-order valence-electron chi connectivity index (χ2n) is 5.27. The highest BCUT2D eigenvalue weighted by Gasteiger charge is 2.38. The largest absolute Gasteiger partial charge is 0.399 e. The van der Waals surface area contributed by atoms with Gasteiger partial charge in [-0.1, -0.05) is 19.8 Å². The van der Waals surface area contributed by atoms with E-state index in [0.29, 0.717) is 5.69 Å². The summed E-state index contributed by atoms with van der Waals surface area (Å²) < 4.78 is 26.3. The van der Waals surface area contributed by atoms with Gasteiger partial charge in [0.25, 0.3) is 10.0 Å². The molecule has 6 heteroatoms. The van der Waals surface area contributed by atoms with E-state index in [-0.39, 0.29) is 4.90 Å². The second kappa shape index (κ2) is 4.85. The fourth-order valence-corrected chi connectivity index (χ4v) is 3.44. The van der Waals surface area contributed by atoms with Crippen molar-refractivity contribution in [1.29, 1.82) is 0 Å². The molecule has 0 aliphatic heterocycles. The summed E-state index contributed by atoms with van der Waals surface area (Å²) in [5, 5.41) is 0. The number of amides is 1. The summed E-state index contributed by atoms with van der Waals surface area (Å²) in [7, 11) is -3.81. The summed E-state index contributed by atoms with van der Waals surface area (Å²) >= 11 is 0. The molecular weight excluding hydrogens is 264 g/mol. The van der Waals surface area contributed by atoms with Crippen LogP contribution in [0.15, 0.2) is 29.2 Å². The standard InChI is InChI=1S/C13H18N2O3S/c1-13(8-2-3-9-13)12(16)15-19(17,18)11-6-4-10(14)5-7-11/h4-7H,2-3,8-9,14H2,1H3,(H,15,16). The molecule has 1 aliphatic rings. The van der Waals surface area contributed by atoms with Gasteiger partial charge in [-0.15, -0.1) is 0 Å². The van der Waals surface area contributed by atoms with Gasteiger partial charge in [0.05, 0.1) is 4.90 Å². The predicted octanol–water partition coefficient (Wildman–Crippen LogP) is 1.65. The van der Waals surface area contributed by atoms with Gasteiger partial charge in [0.15, 0.2) is 0 Å². The Bertz CT molecular complexity index is 572. The van der Waals surface area contributed by atoms with Crippen LogP contribution in [-0.4, -0.2) is 14.3 Å². The summed E-state index contributed by atoms with van der Waals surface area (Å²) in [5.74, 6) is -0.415. The molecule has 0 heterocycles. The Morgan fingerprint density at radius 1 is 1.21 bits per heavy atom. The number of hydrogen-bond acceptors (Lipinski definition) is 4. The van der Waals surface area contributed by atoms with Gasteiger partial charge in [-0.05, 0) is 37.1 Å². The molecular formula is C13H18N2O3S. The van der Waals surface area contributed by atoms with Crippen LogP contribution in [0.4, 0.5) is 5.69 Å². The third-order valence-electron chi connectivity index (χ3n) is 3.67. The van der Waals surface area contributed by atoms with E-state index in [1.807, 2.05) is 6.92 Å². The summed E-state index contributed by atoms with van der Waals surface area (Å²) in [5.41, 5.74) is 5.42. The van der Waals surface area contributed by atoms with Crippen molar-refractivity contribution in [3.05, 3.63) is 24.3 Å². The molecule has 1 amide bonds.